The van der Waals surface area contributed by atoms with E-state index in [4.69, 9.17) is 9.47 Å². The monoisotopic (exact) mass is 345 g/mol. The summed E-state index contributed by atoms with van der Waals surface area (Å²) < 4.78 is 10.3. The number of carbonyl (C=O) groups excluding carboxylic acids is 2. The highest BCUT2D eigenvalue weighted by Crippen LogP contribution is 2.55. The van der Waals surface area contributed by atoms with Gasteiger partial charge < -0.3 is 9.47 Å². The van der Waals surface area contributed by atoms with E-state index in [2.05, 4.69) is 0 Å². The summed E-state index contributed by atoms with van der Waals surface area (Å²) in [6.45, 7) is 3.76. The van der Waals surface area contributed by atoms with Gasteiger partial charge in [0.05, 0.1) is 30.0 Å². The second-order valence-electron chi connectivity index (χ2n) is 6.03. The van der Waals surface area contributed by atoms with Crippen molar-refractivity contribution in [3.8, 4) is 0 Å². The highest BCUT2D eigenvalue weighted by atomic mass is 16.6. The Morgan fingerprint density at radius 2 is 1.60 bits per heavy atom. The van der Waals surface area contributed by atoms with Crippen LogP contribution in [0, 0.1) is 22.0 Å². The number of hydrogen-bond acceptors (Lipinski definition) is 6. The quantitative estimate of drug-likeness (QED) is 0.352. The number of hydrogen-bond donors (Lipinski definition) is 0. The molecule has 3 aliphatic rings. The molecular weight excluding hydrogens is 326 g/mol. The van der Waals surface area contributed by atoms with E-state index < -0.39 is 40.5 Å². The zero-order valence-corrected chi connectivity index (χ0v) is 14.0. The second-order valence-corrected chi connectivity index (χ2v) is 6.03. The van der Waals surface area contributed by atoms with Gasteiger partial charge in [0.1, 0.15) is 0 Å². The van der Waals surface area contributed by atoms with Gasteiger partial charge in [0, 0.05) is 23.5 Å². The molecule has 0 fully saturated rings. The number of carbonyl (C=O) groups is 2. The molecule has 0 amide bonds. The minimum atomic E-state index is -0.817. The Balaban J connectivity index is 2.15. The van der Waals surface area contributed by atoms with Crippen LogP contribution >= 0.6 is 0 Å². The smallest absolute Gasteiger partial charge is 0.310 e. The fourth-order valence-corrected chi connectivity index (χ4v) is 3.95. The van der Waals surface area contributed by atoms with Gasteiger partial charge in [-0.2, -0.15) is 0 Å². The molecule has 0 spiro atoms. The van der Waals surface area contributed by atoms with Crippen molar-refractivity contribution in [2.75, 3.05) is 13.2 Å². The molecule has 0 aromatic heterocycles. The summed E-state index contributed by atoms with van der Waals surface area (Å²) in [5.74, 6) is -3.56. The van der Waals surface area contributed by atoms with Gasteiger partial charge in [-0.3, -0.25) is 19.7 Å². The Kier molecular flexibility index (Phi) is 4.57. The molecule has 0 unspecified atom stereocenters. The van der Waals surface area contributed by atoms with Crippen LogP contribution in [0.15, 0.2) is 30.4 Å². The summed E-state index contributed by atoms with van der Waals surface area (Å²) in [5.41, 5.74) is 1.17. The summed E-state index contributed by atoms with van der Waals surface area (Å²) in [4.78, 5) is 36.1. The maximum absolute atomic E-state index is 12.6. The van der Waals surface area contributed by atoms with Gasteiger partial charge in [0.15, 0.2) is 0 Å². The molecule has 1 aromatic carbocycles. The fraction of sp³-hybridized carbons (Fsp3) is 0.444. The predicted octanol–water partition coefficient (Wildman–Crippen LogP) is 2.70. The lowest BCUT2D eigenvalue weighted by atomic mass is 9.59. The van der Waals surface area contributed by atoms with Crippen molar-refractivity contribution in [3.05, 3.63) is 51.6 Å². The van der Waals surface area contributed by atoms with Crippen molar-refractivity contribution in [2.45, 2.75) is 25.7 Å². The molecule has 0 N–H and O–H groups in total. The first kappa shape index (κ1) is 17.1. The molecule has 132 valence electrons. The van der Waals surface area contributed by atoms with Gasteiger partial charge in [-0.05, 0) is 19.4 Å². The highest BCUT2D eigenvalue weighted by Gasteiger charge is 2.54. The Bertz CT molecular complexity index is 756. The van der Waals surface area contributed by atoms with Crippen molar-refractivity contribution in [3.63, 3.8) is 0 Å². The molecule has 0 radical (unpaired) electrons. The van der Waals surface area contributed by atoms with Gasteiger partial charge in [-0.15, -0.1) is 0 Å². The van der Waals surface area contributed by atoms with E-state index in [1.54, 1.807) is 32.1 Å². The average Bonchev–Trinajstić information content (AvgIpc) is 2.61. The molecule has 4 atom stereocenters. The summed E-state index contributed by atoms with van der Waals surface area (Å²) in [6.07, 6.45) is 3.62. The maximum Gasteiger partial charge on any atom is 0.310 e. The zero-order chi connectivity index (χ0) is 18.1. The molecule has 7 nitrogen and oxygen atoms in total. The third-order valence-corrected chi connectivity index (χ3v) is 4.81. The molecule has 1 aromatic rings. The molecule has 3 aliphatic carbocycles. The lowest BCUT2D eigenvalue weighted by molar-refractivity contribution is -0.385. The van der Waals surface area contributed by atoms with Crippen molar-refractivity contribution in [1.29, 1.82) is 0 Å². The number of allylic oxidation sites excluding steroid dienone is 2. The number of nitro benzene ring substituents is 1. The number of rotatable bonds is 5. The molecule has 0 aliphatic heterocycles. The van der Waals surface area contributed by atoms with Crippen molar-refractivity contribution in [1.82, 2.24) is 0 Å². The van der Waals surface area contributed by atoms with Crippen LogP contribution in [0.3, 0.4) is 0 Å². The van der Waals surface area contributed by atoms with Gasteiger partial charge in [-0.1, -0.05) is 24.3 Å². The number of nitro groups is 1. The van der Waals surface area contributed by atoms with Gasteiger partial charge >= 0.3 is 11.9 Å². The maximum atomic E-state index is 12.6. The molecular formula is C18H19NO6. The number of nitrogens with zero attached hydrogens (tertiary/aromatic N) is 1. The van der Waals surface area contributed by atoms with Gasteiger partial charge in [-0.25, -0.2) is 0 Å². The van der Waals surface area contributed by atoms with Gasteiger partial charge in [0.25, 0.3) is 5.69 Å². The minimum absolute atomic E-state index is 0.0338. The van der Waals surface area contributed by atoms with E-state index in [0.29, 0.717) is 11.1 Å². The molecule has 4 rings (SSSR count). The van der Waals surface area contributed by atoms with Crippen LogP contribution in [0.4, 0.5) is 5.69 Å². The Morgan fingerprint density at radius 3 is 2.16 bits per heavy atom. The zero-order valence-electron chi connectivity index (χ0n) is 14.0. The number of esters is 2. The van der Waals surface area contributed by atoms with Crippen LogP contribution in [0.25, 0.3) is 0 Å². The number of fused-ring (bicyclic) bond motifs is 1. The van der Waals surface area contributed by atoms with Gasteiger partial charge in [0.2, 0.25) is 0 Å². The van der Waals surface area contributed by atoms with Crippen molar-refractivity contribution < 1.29 is 24.0 Å². The highest BCUT2D eigenvalue weighted by molar-refractivity contribution is 5.87. The van der Waals surface area contributed by atoms with E-state index in [1.807, 2.05) is 6.08 Å². The molecule has 7 heteroatoms. The normalized spacial score (nSPS) is 26.0. The Morgan fingerprint density at radius 1 is 1.04 bits per heavy atom. The molecule has 0 saturated carbocycles. The summed E-state index contributed by atoms with van der Waals surface area (Å²) >= 11 is 0. The molecule has 2 bridgehead atoms. The van der Waals surface area contributed by atoms with Crippen molar-refractivity contribution in [2.24, 2.45) is 11.8 Å². The first-order valence-electron chi connectivity index (χ1n) is 8.30. The third kappa shape index (κ3) is 2.69. The van der Waals surface area contributed by atoms with Crippen LogP contribution in [0.2, 0.25) is 0 Å². The van der Waals surface area contributed by atoms with E-state index in [-0.39, 0.29) is 18.9 Å². The van der Waals surface area contributed by atoms with E-state index in [1.165, 1.54) is 6.07 Å². The van der Waals surface area contributed by atoms with E-state index in [0.717, 1.165) is 0 Å². The van der Waals surface area contributed by atoms with Crippen LogP contribution in [-0.2, 0) is 19.1 Å². The van der Waals surface area contributed by atoms with Crippen LogP contribution in [0.5, 0.6) is 0 Å². The summed E-state index contributed by atoms with van der Waals surface area (Å²) in [7, 11) is 0. The minimum Gasteiger partial charge on any atom is -0.466 e. The first-order valence-corrected chi connectivity index (χ1v) is 8.30. The summed E-state index contributed by atoms with van der Waals surface area (Å²) in [5, 5.41) is 11.4. The summed E-state index contributed by atoms with van der Waals surface area (Å²) in [6, 6.07) is 4.80. The Labute approximate surface area is 144 Å². The Hall–Kier alpha value is -2.70. The average molecular weight is 345 g/mol. The lowest BCUT2D eigenvalue weighted by Gasteiger charge is -2.43. The van der Waals surface area contributed by atoms with Crippen LogP contribution < -0.4 is 0 Å². The largest absolute Gasteiger partial charge is 0.466 e. The number of ether oxygens (including phenoxy) is 2. The van der Waals surface area contributed by atoms with Crippen LogP contribution in [-0.4, -0.2) is 30.1 Å². The predicted molar refractivity (Wildman–Crippen MR) is 88.0 cm³/mol. The van der Waals surface area contributed by atoms with Crippen LogP contribution in [0.1, 0.15) is 36.8 Å². The SMILES string of the molecule is CCOC(=O)[C@@H]1[C@@H](C(=O)OCC)[C@H]2C=C[C@@H]1c1c2cccc1[N+](=O)[O-]. The van der Waals surface area contributed by atoms with Crippen molar-refractivity contribution >= 4 is 17.6 Å². The topological polar surface area (TPSA) is 95.7 Å². The third-order valence-electron chi connectivity index (χ3n) is 4.81. The fourth-order valence-electron chi connectivity index (χ4n) is 3.95. The van der Waals surface area contributed by atoms with E-state index in [9.17, 15) is 19.7 Å². The first-order chi connectivity index (χ1) is 12.0. The molecule has 0 heterocycles. The molecule has 25 heavy (non-hydrogen) atoms. The molecule has 0 saturated heterocycles. The second kappa shape index (κ2) is 6.66. The number of benzene rings is 1. The standard InChI is InChI=1S/C18H19NO6/c1-3-24-17(20)15-11-8-9-12(16(15)18(21)25-4-2)14-10(11)6-5-7-13(14)19(22)23/h5-9,11-12,15-16H,3-4H2,1-2H3/t11-,12+,15-,16-/m0/s1. The van der Waals surface area contributed by atoms with E-state index >= 15 is 0 Å². The lowest BCUT2D eigenvalue weighted by Crippen LogP contribution is -2.45.